The van der Waals surface area contributed by atoms with E-state index in [2.05, 4.69) is 40.1 Å². The number of amides is 1. The van der Waals surface area contributed by atoms with E-state index in [0.29, 0.717) is 0 Å². The molecule has 0 aliphatic carbocycles. The van der Waals surface area contributed by atoms with Crippen molar-refractivity contribution in [1.29, 1.82) is 0 Å². The minimum atomic E-state index is 0.146. The number of piperidine rings is 1. The molecule has 2 aliphatic rings. The number of rotatable bonds is 5. The zero-order valence-corrected chi connectivity index (χ0v) is 17.2. The van der Waals surface area contributed by atoms with Gasteiger partial charge in [-0.1, -0.05) is 30.3 Å². The molecule has 2 aromatic rings. The number of furan rings is 1. The fourth-order valence-corrected chi connectivity index (χ4v) is 5.11. The number of carbonyl (C=O) groups is 1. The molecule has 1 aromatic carbocycles. The van der Waals surface area contributed by atoms with Crippen LogP contribution in [0.3, 0.4) is 0 Å². The second-order valence-corrected chi connectivity index (χ2v) is 8.77. The third-order valence-corrected chi connectivity index (χ3v) is 6.52. The number of aryl methyl sites for hydroxylation is 3. The smallest absolute Gasteiger partial charge is 0.257 e. The number of likely N-dealkylation sites (tertiary alicyclic amines) is 2. The Hall–Kier alpha value is -2.07. The summed E-state index contributed by atoms with van der Waals surface area (Å²) in [5.74, 6) is 1.71. The van der Waals surface area contributed by atoms with Crippen LogP contribution in [0.15, 0.2) is 40.8 Å². The molecule has 0 bridgehead atoms. The van der Waals surface area contributed by atoms with Gasteiger partial charge in [-0.3, -0.25) is 4.79 Å². The maximum Gasteiger partial charge on any atom is 0.257 e. The van der Waals surface area contributed by atoms with Crippen molar-refractivity contribution in [3.63, 3.8) is 0 Å². The van der Waals surface area contributed by atoms with Gasteiger partial charge in [0, 0.05) is 25.0 Å². The number of carbonyl (C=O) groups excluding carboxylic acids is 1. The van der Waals surface area contributed by atoms with Crippen molar-refractivity contribution in [1.82, 2.24) is 9.80 Å². The Morgan fingerprint density at radius 3 is 2.68 bits per heavy atom. The highest BCUT2D eigenvalue weighted by Gasteiger charge is 2.43. The molecule has 1 amide bonds. The molecule has 0 saturated carbocycles. The van der Waals surface area contributed by atoms with Crippen LogP contribution in [0.5, 0.6) is 0 Å². The summed E-state index contributed by atoms with van der Waals surface area (Å²) in [5, 5.41) is 0. The molecule has 2 aliphatic heterocycles. The van der Waals surface area contributed by atoms with Crippen LogP contribution in [0, 0.1) is 19.3 Å². The minimum absolute atomic E-state index is 0.146. The molecule has 3 heterocycles. The molecule has 0 radical (unpaired) electrons. The van der Waals surface area contributed by atoms with Gasteiger partial charge in [0.2, 0.25) is 0 Å². The van der Waals surface area contributed by atoms with Crippen molar-refractivity contribution in [3.8, 4) is 0 Å². The summed E-state index contributed by atoms with van der Waals surface area (Å²) in [6, 6.07) is 12.7. The first-order valence-electron chi connectivity index (χ1n) is 10.7. The van der Waals surface area contributed by atoms with E-state index in [1.807, 2.05) is 19.9 Å². The molecule has 0 unspecified atom stereocenters. The summed E-state index contributed by atoms with van der Waals surface area (Å²) in [4.78, 5) is 17.7. The topological polar surface area (TPSA) is 36.7 Å². The van der Waals surface area contributed by atoms with Crippen LogP contribution in [0.1, 0.15) is 53.1 Å². The first-order valence-corrected chi connectivity index (χ1v) is 10.7. The molecule has 1 spiro atoms. The van der Waals surface area contributed by atoms with E-state index in [0.717, 1.165) is 56.1 Å². The Kier molecular flexibility index (Phi) is 5.58. The predicted molar refractivity (Wildman–Crippen MR) is 112 cm³/mol. The number of nitrogens with zero attached hydrogens (tertiary/aromatic N) is 2. The SMILES string of the molecule is Cc1cc(C(=O)N2CC[C@@]3(CCCN(CCCc4ccccc4)C3)C2)c(C)o1. The molecular weight excluding hydrogens is 348 g/mol. The van der Waals surface area contributed by atoms with Crippen LogP contribution >= 0.6 is 0 Å². The average Bonchev–Trinajstić information content (AvgIpc) is 3.25. The molecule has 2 fully saturated rings. The third kappa shape index (κ3) is 4.17. The van der Waals surface area contributed by atoms with E-state index in [1.165, 1.54) is 31.4 Å². The van der Waals surface area contributed by atoms with E-state index in [9.17, 15) is 4.79 Å². The summed E-state index contributed by atoms with van der Waals surface area (Å²) in [7, 11) is 0. The van der Waals surface area contributed by atoms with Crippen molar-refractivity contribution in [3.05, 3.63) is 59.0 Å². The monoisotopic (exact) mass is 380 g/mol. The van der Waals surface area contributed by atoms with Gasteiger partial charge in [0.25, 0.3) is 5.91 Å². The van der Waals surface area contributed by atoms with E-state index >= 15 is 0 Å². The van der Waals surface area contributed by atoms with E-state index in [-0.39, 0.29) is 11.3 Å². The fourth-order valence-electron chi connectivity index (χ4n) is 5.11. The van der Waals surface area contributed by atoms with E-state index in [1.54, 1.807) is 0 Å². The Morgan fingerprint density at radius 2 is 1.93 bits per heavy atom. The highest BCUT2D eigenvalue weighted by Crippen LogP contribution is 2.39. The molecule has 4 nitrogen and oxygen atoms in total. The molecule has 2 saturated heterocycles. The van der Waals surface area contributed by atoms with Crippen molar-refractivity contribution >= 4 is 5.91 Å². The highest BCUT2D eigenvalue weighted by molar-refractivity contribution is 5.95. The van der Waals surface area contributed by atoms with Crippen molar-refractivity contribution in [2.75, 3.05) is 32.7 Å². The second-order valence-electron chi connectivity index (χ2n) is 8.77. The first kappa shape index (κ1) is 19.3. The quantitative estimate of drug-likeness (QED) is 0.769. The van der Waals surface area contributed by atoms with Gasteiger partial charge < -0.3 is 14.2 Å². The fraction of sp³-hybridized carbons (Fsp3) is 0.542. The Balaban J connectivity index is 1.32. The second kappa shape index (κ2) is 8.12. The van der Waals surface area contributed by atoms with Crippen molar-refractivity contribution in [2.24, 2.45) is 5.41 Å². The maximum absolute atomic E-state index is 13.0. The van der Waals surface area contributed by atoms with Gasteiger partial charge in [0.1, 0.15) is 11.5 Å². The lowest BCUT2D eigenvalue weighted by Gasteiger charge is -2.40. The minimum Gasteiger partial charge on any atom is -0.466 e. The average molecular weight is 381 g/mol. The zero-order chi connectivity index (χ0) is 19.6. The van der Waals surface area contributed by atoms with Crippen LogP contribution in [0.2, 0.25) is 0 Å². The molecule has 1 atom stereocenters. The van der Waals surface area contributed by atoms with Crippen LogP contribution < -0.4 is 0 Å². The highest BCUT2D eigenvalue weighted by atomic mass is 16.3. The van der Waals surface area contributed by atoms with Gasteiger partial charge in [-0.15, -0.1) is 0 Å². The van der Waals surface area contributed by atoms with E-state index < -0.39 is 0 Å². The van der Waals surface area contributed by atoms with Gasteiger partial charge in [-0.05, 0) is 70.7 Å². The molecule has 4 heteroatoms. The number of hydrogen-bond acceptors (Lipinski definition) is 3. The van der Waals surface area contributed by atoms with Gasteiger partial charge in [0.15, 0.2) is 0 Å². The van der Waals surface area contributed by atoms with Crippen molar-refractivity contribution in [2.45, 2.75) is 46.0 Å². The molecule has 0 N–H and O–H groups in total. The number of benzene rings is 1. The third-order valence-electron chi connectivity index (χ3n) is 6.52. The van der Waals surface area contributed by atoms with Crippen molar-refractivity contribution < 1.29 is 9.21 Å². The first-order chi connectivity index (χ1) is 13.5. The van der Waals surface area contributed by atoms with Crippen LogP contribution in [-0.4, -0.2) is 48.4 Å². The predicted octanol–water partition coefficient (Wildman–Crippen LogP) is 4.46. The molecular formula is C24H32N2O2. The molecule has 150 valence electrons. The summed E-state index contributed by atoms with van der Waals surface area (Å²) in [6.07, 6.45) is 5.97. The summed E-state index contributed by atoms with van der Waals surface area (Å²) >= 11 is 0. The lowest BCUT2D eigenvalue weighted by molar-refractivity contribution is 0.0687. The van der Waals surface area contributed by atoms with E-state index in [4.69, 9.17) is 4.42 Å². The van der Waals surface area contributed by atoms with Crippen LogP contribution in [0.25, 0.3) is 0 Å². The summed E-state index contributed by atoms with van der Waals surface area (Å²) < 4.78 is 5.57. The van der Waals surface area contributed by atoms with Gasteiger partial charge in [0.05, 0.1) is 5.56 Å². The molecule has 28 heavy (non-hydrogen) atoms. The largest absolute Gasteiger partial charge is 0.466 e. The van der Waals surface area contributed by atoms with Crippen LogP contribution in [-0.2, 0) is 6.42 Å². The van der Waals surface area contributed by atoms with Gasteiger partial charge >= 0.3 is 0 Å². The molecule has 1 aromatic heterocycles. The Bertz CT molecular complexity index is 813. The lowest BCUT2D eigenvalue weighted by Crippen LogP contribution is -2.45. The lowest BCUT2D eigenvalue weighted by atomic mass is 9.79. The van der Waals surface area contributed by atoms with Crippen LogP contribution in [0.4, 0.5) is 0 Å². The van der Waals surface area contributed by atoms with Gasteiger partial charge in [-0.2, -0.15) is 0 Å². The summed E-state index contributed by atoms with van der Waals surface area (Å²) in [5.41, 5.74) is 2.45. The number of hydrogen-bond donors (Lipinski definition) is 0. The Morgan fingerprint density at radius 1 is 1.11 bits per heavy atom. The maximum atomic E-state index is 13.0. The zero-order valence-electron chi connectivity index (χ0n) is 17.2. The summed E-state index contributed by atoms with van der Waals surface area (Å²) in [6.45, 7) is 9.06. The molecule has 4 rings (SSSR count). The standard InChI is InChI=1S/C24H32N2O2/c1-19-16-22(20(2)28-19)23(27)26-15-12-24(18-26)11-7-14-25(17-24)13-6-10-21-8-4-3-5-9-21/h3-5,8-9,16H,6-7,10-15,17-18H2,1-2H3/t24-/m1/s1. The van der Waals surface area contributed by atoms with Gasteiger partial charge in [-0.25, -0.2) is 0 Å². The normalized spacial score (nSPS) is 22.9. The Labute approximate surface area is 168 Å².